The molecule has 1 N–H and O–H groups in total. The van der Waals surface area contributed by atoms with E-state index in [1.165, 1.54) is 0 Å². The largest absolute Gasteiger partial charge is 0.493 e. The first-order valence-corrected chi connectivity index (χ1v) is 9.59. The molecule has 29 heavy (non-hydrogen) atoms. The molecular formula is C21H19BrN4O3. The molecule has 0 unspecified atom stereocenters. The van der Waals surface area contributed by atoms with E-state index in [2.05, 4.69) is 49.4 Å². The summed E-state index contributed by atoms with van der Waals surface area (Å²) in [7, 11) is 4.72. The number of nitrogens with one attached hydrogen (secondary N) is 1. The van der Waals surface area contributed by atoms with Gasteiger partial charge in [0, 0.05) is 40.1 Å². The van der Waals surface area contributed by atoms with Crippen molar-refractivity contribution in [3.8, 4) is 23.1 Å². The summed E-state index contributed by atoms with van der Waals surface area (Å²) in [6, 6.07) is 13.7. The Morgan fingerprint density at radius 3 is 2.38 bits per heavy atom. The molecule has 7 nitrogen and oxygen atoms in total. The van der Waals surface area contributed by atoms with E-state index in [9.17, 15) is 0 Å². The van der Waals surface area contributed by atoms with E-state index in [0.29, 0.717) is 23.2 Å². The Bertz CT molecular complexity index is 1150. The number of ether oxygens (including phenoxy) is 3. The summed E-state index contributed by atoms with van der Waals surface area (Å²) in [6.07, 6.45) is 3.70. The van der Waals surface area contributed by atoms with Crippen LogP contribution in [0.4, 0.5) is 11.6 Å². The lowest BCUT2D eigenvalue weighted by atomic mass is 10.2. The van der Waals surface area contributed by atoms with Gasteiger partial charge in [-0.3, -0.25) is 0 Å². The van der Waals surface area contributed by atoms with E-state index in [1.807, 2.05) is 22.9 Å². The predicted octanol–water partition coefficient (Wildman–Crippen LogP) is 4.95. The second-order valence-electron chi connectivity index (χ2n) is 6.17. The number of halogens is 1. The minimum absolute atomic E-state index is 0.452. The Balaban J connectivity index is 1.70. The first-order chi connectivity index (χ1) is 14.1. The number of methoxy groups -OCH3 is 3. The Labute approximate surface area is 176 Å². The number of fused-ring (bicyclic) bond motifs is 1. The van der Waals surface area contributed by atoms with E-state index >= 15 is 0 Å². The Kier molecular flexibility index (Phi) is 5.26. The van der Waals surface area contributed by atoms with Gasteiger partial charge in [0.15, 0.2) is 11.5 Å². The molecule has 8 heteroatoms. The summed E-state index contributed by atoms with van der Waals surface area (Å²) in [4.78, 5) is 8.99. The van der Waals surface area contributed by atoms with Crippen molar-refractivity contribution in [3.63, 3.8) is 0 Å². The van der Waals surface area contributed by atoms with Gasteiger partial charge < -0.3 is 24.1 Å². The third kappa shape index (κ3) is 3.71. The smallest absolute Gasteiger partial charge is 0.229 e. The highest BCUT2D eigenvalue weighted by atomic mass is 79.9. The molecule has 4 aromatic rings. The number of nitrogens with zero attached hydrogens (tertiary/aromatic N) is 3. The molecule has 0 bridgehead atoms. The number of anilines is 2. The van der Waals surface area contributed by atoms with E-state index in [0.717, 1.165) is 26.9 Å². The number of benzene rings is 2. The molecule has 0 radical (unpaired) electrons. The lowest BCUT2D eigenvalue weighted by Gasteiger charge is -2.15. The topological polar surface area (TPSA) is 70.4 Å². The van der Waals surface area contributed by atoms with Gasteiger partial charge in [0.25, 0.3) is 0 Å². The van der Waals surface area contributed by atoms with Crippen LogP contribution in [-0.4, -0.2) is 35.9 Å². The second-order valence-corrected chi connectivity index (χ2v) is 7.08. The van der Waals surface area contributed by atoms with Crippen LogP contribution < -0.4 is 19.5 Å². The van der Waals surface area contributed by atoms with Crippen molar-refractivity contribution in [3.05, 3.63) is 59.3 Å². The third-order valence-corrected chi connectivity index (χ3v) is 4.96. The first-order valence-electron chi connectivity index (χ1n) is 8.80. The highest BCUT2D eigenvalue weighted by Crippen LogP contribution is 2.40. The summed E-state index contributed by atoms with van der Waals surface area (Å²) < 4.78 is 19.2. The molecule has 0 spiro atoms. The molecule has 148 valence electrons. The average molecular weight is 455 g/mol. The quantitative estimate of drug-likeness (QED) is 0.444. The fraction of sp³-hybridized carbons (Fsp3) is 0.143. The molecule has 4 rings (SSSR count). The van der Waals surface area contributed by atoms with Gasteiger partial charge in [0.2, 0.25) is 11.7 Å². The summed E-state index contributed by atoms with van der Waals surface area (Å²) in [6.45, 7) is 0. The molecule has 0 saturated carbocycles. The molecule has 0 atom stereocenters. The van der Waals surface area contributed by atoms with Gasteiger partial charge in [-0.15, -0.1) is 0 Å². The first kappa shape index (κ1) is 19.1. The van der Waals surface area contributed by atoms with Gasteiger partial charge >= 0.3 is 0 Å². The highest BCUT2D eigenvalue weighted by molar-refractivity contribution is 9.10. The van der Waals surface area contributed by atoms with Crippen LogP contribution in [0.15, 0.2) is 59.3 Å². The Hall–Kier alpha value is -3.26. The molecule has 2 aromatic heterocycles. The zero-order valence-electron chi connectivity index (χ0n) is 16.1. The van der Waals surface area contributed by atoms with Crippen LogP contribution >= 0.6 is 15.9 Å². The molecule has 0 aliphatic carbocycles. The molecule has 0 saturated heterocycles. The Morgan fingerprint density at radius 1 is 0.931 bits per heavy atom. The lowest BCUT2D eigenvalue weighted by Crippen LogP contribution is -2.03. The van der Waals surface area contributed by atoms with Crippen LogP contribution in [0.3, 0.4) is 0 Å². The van der Waals surface area contributed by atoms with E-state index in [-0.39, 0.29) is 0 Å². The Morgan fingerprint density at radius 2 is 1.69 bits per heavy atom. The van der Waals surface area contributed by atoms with Crippen LogP contribution in [0, 0.1) is 0 Å². The minimum atomic E-state index is 0.452. The van der Waals surface area contributed by atoms with Crippen molar-refractivity contribution in [2.45, 2.75) is 0 Å². The average Bonchev–Trinajstić information content (AvgIpc) is 3.16. The number of hydrogen-bond acceptors (Lipinski definition) is 6. The normalized spacial score (nSPS) is 10.8. The summed E-state index contributed by atoms with van der Waals surface area (Å²) in [5, 5.41) is 4.34. The van der Waals surface area contributed by atoms with Gasteiger partial charge in [-0.25, -0.2) is 4.98 Å². The van der Waals surface area contributed by atoms with Gasteiger partial charge in [-0.1, -0.05) is 22.0 Å². The fourth-order valence-electron chi connectivity index (χ4n) is 3.13. The van der Waals surface area contributed by atoms with Gasteiger partial charge in [0.05, 0.1) is 26.8 Å². The maximum absolute atomic E-state index is 5.40. The standard InChI is InChI=1S/C21H19BrN4O3/c1-27-17-11-15(12-18(28-2)20(17)29-3)24-21-23-8-6-19(25-21)26-9-7-13-4-5-14(22)10-16(13)26/h4-12H,1-3H3,(H,23,24,25). The van der Waals surface area contributed by atoms with Crippen LogP contribution in [0.25, 0.3) is 16.7 Å². The van der Waals surface area contributed by atoms with Crippen LogP contribution in [0.2, 0.25) is 0 Å². The van der Waals surface area contributed by atoms with E-state index < -0.39 is 0 Å². The van der Waals surface area contributed by atoms with Crippen molar-refractivity contribution >= 4 is 38.5 Å². The molecule has 2 heterocycles. The molecule has 2 aromatic carbocycles. The monoisotopic (exact) mass is 454 g/mol. The van der Waals surface area contributed by atoms with Crippen LogP contribution in [0.1, 0.15) is 0 Å². The second kappa shape index (κ2) is 8.00. The zero-order valence-corrected chi connectivity index (χ0v) is 17.7. The van der Waals surface area contributed by atoms with Gasteiger partial charge in [-0.05, 0) is 24.3 Å². The van der Waals surface area contributed by atoms with Crippen molar-refractivity contribution in [1.82, 2.24) is 14.5 Å². The number of hydrogen-bond donors (Lipinski definition) is 1. The number of aromatic nitrogens is 3. The molecule has 0 aliphatic rings. The van der Waals surface area contributed by atoms with E-state index in [4.69, 9.17) is 14.2 Å². The maximum Gasteiger partial charge on any atom is 0.229 e. The lowest BCUT2D eigenvalue weighted by molar-refractivity contribution is 0.324. The molecule has 0 aliphatic heterocycles. The van der Waals surface area contributed by atoms with Crippen LogP contribution in [-0.2, 0) is 0 Å². The molecule has 0 amide bonds. The highest BCUT2D eigenvalue weighted by Gasteiger charge is 2.14. The van der Waals surface area contributed by atoms with Gasteiger partial charge in [0.1, 0.15) is 5.82 Å². The van der Waals surface area contributed by atoms with E-state index in [1.54, 1.807) is 39.7 Å². The van der Waals surface area contributed by atoms with Crippen LogP contribution in [0.5, 0.6) is 17.2 Å². The van der Waals surface area contributed by atoms with Crippen molar-refractivity contribution < 1.29 is 14.2 Å². The summed E-state index contributed by atoms with van der Waals surface area (Å²) in [5.41, 5.74) is 1.77. The SMILES string of the molecule is COc1cc(Nc2nccc(-n3ccc4ccc(Br)cc43)n2)cc(OC)c1OC. The fourth-order valence-corrected chi connectivity index (χ4v) is 3.48. The zero-order chi connectivity index (χ0) is 20.4. The maximum atomic E-state index is 5.40. The minimum Gasteiger partial charge on any atom is -0.493 e. The van der Waals surface area contributed by atoms with Crippen molar-refractivity contribution in [2.75, 3.05) is 26.6 Å². The third-order valence-electron chi connectivity index (χ3n) is 4.46. The molecule has 0 fully saturated rings. The molecular weight excluding hydrogens is 436 g/mol. The van der Waals surface area contributed by atoms with Gasteiger partial charge in [-0.2, -0.15) is 4.98 Å². The summed E-state index contributed by atoms with van der Waals surface area (Å²) in [5.74, 6) is 2.83. The van der Waals surface area contributed by atoms with Crippen molar-refractivity contribution in [1.29, 1.82) is 0 Å². The van der Waals surface area contributed by atoms with Crippen molar-refractivity contribution in [2.24, 2.45) is 0 Å². The number of rotatable bonds is 6. The predicted molar refractivity (Wildman–Crippen MR) is 116 cm³/mol. The summed E-state index contributed by atoms with van der Waals surface area (Å²) >= 11 is 3.53.